The van der Waals surface area contributed by atoms with E-state index in [-0.39, 0.29) is 18.2 Å². The van der Waals surface area contributed by atoms with Gasteiger partial charge < -0.3 is 5.73 Å². The van der Waals surface area contributed by atoms with Gasteiger partial charge in [-0.2, -0.15) is 0 Å². The Labute approximate surface area is 134 Å². The largest absolute Gasteiger partial charge is 0.324 e. The van der Waals surface area contributed by atoms with Gasteiger partial charge in [-0.05, 0) is 29.7 Å². The number of carbonyl (C=O) groups excluding carboxylic acids is 1. The molecule has 0 aliphatic rings. The van der Waals surface area contributed by atoms with Gasteiger partial charge in [0.15, 0.2) is 0 Å². The van der Waals surface area contributed by atoms with Gasteiger partial charge in [0, 0.05) is 28.9 Å². The van der Waals surface area contributed by atoms with E-state index in [9.17, 15) is 4.79 Å². The molecular formula is C17H17Cl2NO. The third kappa shape index (κ3) is 4.57. The summed E-state index contributed by atoms with van der Waals surface area (Å²) in [6.45, 7) is 0. The number of halogens is 2. The summed E-state index contributed by atoms with van der Waals surface area (Å²) in [6, 6.07) is 14.9. The van der Waals surface area contributed by atoms with Gasteiger partial charge in [-0.1, -0.05) is 59.6 Å². The summed E-state index contributed by atoms with van der Waals surface area (Å²) in [5, 5.41) is 1.06. The summed E-state index contributed by atoms with van der Waals surface area (Å²) >= 11 is 12.1. The van der Waals surface area contributed by atoms with Crippen LogP contribution in [0.25, 0.3) is 0 Å². The van der Waals surface area contributed by atoms with E-state index in [0.29, 0.717) is 28.5 Å². The van der Waals surface area contributed by atoms with E-state index in [0.717, 1.165) is 5.56 Å². The number of hydrogen-bond donors (Lipinski definition) is 1. The zero-order valence-electron chi connectivity index (χ0n) is 11.6. The Morgan fingerprint density at radius 1 is 1.00 bits per heavy atom. The van der Waals surface area contributed by atoms with Crippen LogP contribution >= 0.6 is 23.2 Å². The van der Waals surface area contributed by atoms with Crippen molar-refractivity contribution in [1.82, 2.24) is 0 Å². The molecule has 0 heterocycles. The normalized spacial score (nSPS) is 12.1. The summed E-state index contributed by atoms with van der Waals surface area (Å²) in [5.74, 6) is 0.0939. The Hall–Kier alpha value is -1.35. The Bertz CT molecular complexity index is 593. The number of carbonyl (C=O) groups is 1. The molecule has 2 N–H and O–H groups in total. The molecule has 2 rings (SSSR count). The van der Waals surface area contributed by atoms with Crippen LogP contribution in [0.3, 0.4) is 0 Å². The minimum Gasteiger partial charge on any atom is -0.324 e. The fourth-order valence-electron chi connectivity index (χ4n) is 2.17. The van der Waals surface area contributed by atoms with Gasteiger partial charge in [0.1, 0.15) is 5.78 Å². The maximum Gasteiger partial charge on any atom is 0.137 e. The first-order valence-corrected chi connectivity index (χ1v) is 7.58. The molecule has 0 fully saturated rings. The van der Waals surface area contributed by atoms with Crippen molar-refractivity contribution in [3.05, 3.63) is 69.7 Å². The molecule has 2 aromatic carbocycles. The number of nitrogens with two attached hydrogens (primary N) is 1. The summed E-state index contributed by atoms with van der Waals surface area (Å²) in [6.07, 6.45) is 1.28. The van der Waals surface area contributed by atoms with Crippen LogP contribution in [0.5, 0.6) is 0 Å². The second-order valence-corrected chi connectivity index (χ2v) is 5.79. The second kappa shape index (κ2) is 7.60. The number of ketones is 1. The molecule has 2 aromatic rings. The quantitative estimate of drug-likeness (QED) is 0.845. The Morgan fingerprint density at radius 3 is 2.24 bits per heavy atom. The van der Waals surface area contributed by atoms with E-state index in [1.165, 1.54) is 0 Å². The molecule has 0 saturated heterocycles. The minimum atomic E-state index is -0.128. The zero-order valence-corrected chi connectivity index (χ0v) is 13.1. The molecular weight excluding hydrogens is 305 g/mol. The predicted octanol–water partition coefficient (Wildman–Crippen LogP) is 4.59. The van der Waals surface area contributed by atoms with Crippen molar-refractivity contribution >= 4 is 29.0 Å². The summed E-state index contributed by atoms with van der Waals surface area (Å²) < 4.78 is 0. The Balaban J connectivity index is 1.91. The van der Waals surface area contributed by atoms with Crippen molar-refractivity contribution in [1.29, 1.82) is 0 Å². The molecule has 1 atom stereocenters. The SMILES string of the molecule is NC(CCC(=O)Cc1c(Cl)cccc1Cl)c1ccccc1. The van der Waals surface area contributed by atoms with Crippen molar-refractivity contribution in [3.63, 3.8) is 0 Å². The third-order valence-corrected chi connectivity index (χ3v) is 4.11. The highest BCUT2D eigenvalue weighted by Gasteiger charge is 2.13. The molecule has 21 heavy (non-hydrogen) atoms. The van der Waals surface area contributed by atoms with Crippen molar-refractivity contribution in [2.45, 2.75) is 25.3 Å². The zero-order chi connectivity index (χ0) is 15.2. The first-order valence-electron chi connectivity index (χ1n) is 6.83. The molecule has 2 nitrogen and oxygen atoms in total. The van der Waals surface area contributed by atoms with E-state index in [1.54, 1.807) is 18.2 Å². The van der Waals surface area contributed by atoms with Crippen LogP contribution in [0.2, 0.25) is 10.0 Å². The van der Waals surface area contributed by atoms with Gasteiger partial charge in [-0.25, -0.2) is 0 Å². The molecule has 110 valence electrons. The predicted molar refractivity (Wildman–Crippen MR) is 87.8 cm³/mol. The van der Waals surface area contributed by atoms with Crippen LogP contribution in [0, 0.1) is 0 Å². The molecule has 4 heteroatoms. The minimum absolute atomic E-state index is 0.0939. The second-order valence-electron chi connectivity index (χ2n) is 4.97. The monoisotopic (exact) mass is 321 g/mol. The maximum absolute atomic E-state index is 12.1. The maximum atomic E-state index is 12.1. The summed E-state index contributed by atoms with van der Waals surface area (Å²) in [7, 11) is 0. The van der Waals surface area contributed by atoms with Gasteiger partial charge >= 0.3 is 0 Å². The Morgan fingerprint density at radius 2 is 1.62 bits per heavy atom. The molecule has 1 unspecified atom stereocenters. The average molecular weight is 322 g/mol. The molecule has 0 saturated carbocycles. The van der Waals surface area contributed by atoms with Gasteiger partial charge in [-0.15, -0.1) is 0 Å². The van der Waals surface area contributed by atoms with E-state index in [1.807, 2.05) is 30.3 Å². The van der Waals surface area contributed by atoms with Gasteiger partial charge in [0.05, 0.1) is 0 Å². The number of Topliss-reactive ketones (excluding diaryl/α,β-unsaturated/α-hetero) is 1. The molecule has 0 aliphatic carbocycles. The van der Waals surface area contributed by atoms with Crippen molar-refractivity contribution in [3.8, 4) is 0 Å². The number of benzene rings is 2. The smallest absolute Gasteiger partial charge is 0.137 e. The lowest BCUT2D eigenvalue weighted by Gasteiger charge is -2.12. The average Bonchev–Trinajstić information content (AvgIpc) is 2.49. The van der Waals surface area contributed by atoms with Gasteiger partial charge in [0.2, 0.25) is 0 Å². The van der Waals surface area contributed by atoms with Crippen LogP contribution in [-0.2, 0) is 11.2 Å². The van der Waals surface area contributed by atoms with Crippen LogP contribution in [0.1, 0.15) is 30.0 Å². The van der Waals surface area contributed by atoms with Gasteiger partial charge in [0.25, 0.3) is 0 Å². The Kier molecular flexibility index (Phi) is 5.80. The number of hydrogen-bond acceptors (Lipinski definition) is 2. The highest BCUT2D eigenvalue weighted by Crippen LogP contribution is 2.25. The van der Waals surface area contributed by atoms with Crippen molar-refractivity contribution in [2.24, 2.45) is 5.73 Å². The van der Waals surface area contributed by atoms with Crippen molar-refractivity contribution in [2.75, 3.05) is 0 Å². The molecule has 0 radical (unpaired) electrons. The fraction of sp³-hybridized carbons (Fsp3) is 0.235. The third-order valence-electron chi connectivity index (χ3n) is 3.40. The molecule has 0 aromatic heterocycles. The van der Waals surface area contributed by atoms with Crippen molar-refractivity contribution < 1.29 is 4.79 Å². The topological polar surface area (TPSA) is 43.1 Å². The van der Waals surface area contributed by atoms with E-state index in [4.69, 9.17) is 28.9 Å². The van der Waals surface area contributed by atoms with Crippen LogP contribution in [-0.4, -0.2) is 5.78 Å². The number of rotatable bonds is 6. The molecule has 0 spiro atoms. The lowest BCUT2D eigenvalue weighted by molar-refractivity contribution is -0.118. The van der Waals surface area contributed by atoms with E-state index >= 15 is 0 Å². The van der Waals surface area contributed by atoms with Crippen LogP contribution in [0.4, 0.5) is 0 Å². The highest BCUT2D eigenvalue weighted by molar-refractivity contribution is 6.36. The highest BCUT2D eigenvalue weighted by atomic mass is 35.5. The van der Waals surface area contributed by atoms with E-state index < -0.39 is 0 Å². The summed E-state index contributed by atoms with van der Waals surface area (Å²) in [4.78, 5) is 12.1. The van der Waals surface area contributed by atoms with Crippen LogP contribution in [0.15, 0.2) is 48.5 Å². The standard InChI is InChI=1S/C17H17Cl2NO/c18-15-7-4-8-16(19)14(15)11-13(21)9-10-17(20)12-5-2-1-3-6-12/h1-8,17H,9-11,20H2. The first kappa shape index (κ1) is 16.0. The van der Waals surface area contributed by atoms with Crippen LogP contribution < -0.4 is 5.73 Å². The van der Waals surface area contributed by atoms with Gasteiger partial charge in [-0.3, -0.25) is 4.79 Å². The molecule has 0 aliphatic heterocycles. The summed E-state index contributed by atoms with van der Waals surface area (Å²) in [5.41, 5.74) is 7.83. The van der Waals surface area contributed by atoms with E-state index in [2.05, 4.69) is 0 Å². The lowest BCUT2D eigenvalue weighted by atomic mass is 9.99. The lowest BCUT2D eigenvalue weighted by Crippen LogP contribution is -2.13. The first-order chi connectivity index (χ1) is 10.1. The molecule has 0 bridgehead atoms. The fourth-order valence-corrected chi connectivity index (χ4v) is 2.70. The molecule has 0 amide bonds.